The predicted octanol–water partition coefficient (Wildman–Crippen LogP) is 3.45. The number of nitrogens with zero attached hydrogens (tertiary/aromatic N) is 2. The van der Waals surface area contributed by atoms with Gasteiger partial charge in [-0.25, -0.2) is 4.98 Å². The highest BCUT2D eigenvalue weighted by atomic mass is 15.1. The highest BCUT2D eigenvalue weighted by Gasteiger charge is 2.23. The second-order valence-corrected chi connectivity index (χ2v) is 5.21. The molecule has 0 aliphatic carbocycles. The summed E-state index contributed by atoms with van der Waals surface area (Å²) >= 11 is 0. The van der Waals surface area contributed by atoms with Gasteiger partial charge in [0.05, 0.1) is 0 Å². The van der Waals surface area contributed by atoms with Gasteiger partial charge in [-0.05, 0) is 38.9 Å². The number of piperidine rings is 1. The standard InChI is InChI=1S/C15H25N3/c1-3-4-10-16-15-13(8-7-11-17-15)14-9-5-6-12-18(14)2/h7-8,11,14H,3-6,9-10,12H2,1-2H3,(H,16,17). The zero-order chi connectivity index (χ0) is 12.8. The van der Waals surface area contributed by atoms with Gasteiger partial charge < -0.3 is 5.32 Å². The van der Waals surface area contributed by atoms with Crippen molar-refractivity contribution < 1.29 is 0 Å². The van der Waals surface area contributed by atoms with E-state index in [4.69, 9.17) is 0 Å². The Balaban J connectivity index is 2.10. The summed E-state index contributed by atoms with van der Waals surface area (Å²) in [7, 11) is 2.23. The van der Waals surface area contributed by atoms with Crippen LogP contribution in [0.1, 0.15) is 50.6 Å². The van der Waals surface area contributed by atoms with Gasteiger partial charge in [0, 0.05) is 24.3 Å². The lowest BCUT2D eigenvalue weighted by Gasteiger charge is -2.33. The molecule has 3 heteroatoms. The first-order valence-corrected chi connectivity index (χ1v) is 7.22. The number of pyridine rings is 1. The first-order valence-electron chi connectivity index (χ1n) is 7.22. The lowest BCUT2D eigenvalue weighted by Crippen LogP contribution is -2.30. The van der Waals surface area contributed by atoms with E-state index in [-0.39, 0.29) is 0 Å². The van der Waals surface area contributed by atoms with E-state index in [1.54, 1.807) is 0 Å². The molecular formula is C15H25N3. The maximum absolute atomic E-state index is 4.52. The van der Waals surface area contributed by atoms with E-state index in [2.05, 4.69) is 41.3 Å². The number of rotatable bonds is 5. The molecule has 3 nitrogen and oxygen atoms in total. The minimum Gasteiger partial charge on any atom is -0.370 e. The highest BCUT2D eigenvalue weighted by Crippen LogP contribution is 2.32. The van der Waals surface area contributed by atoms with E-state index in [9.17, 15) is 0 Å². The van der Waals surface area contributed by atoms with Crippen molar-refractivity contribution in [2.24, 2.45) is 0 Å². The van der Waals surface area contributed by atoms with Gasteiger partial charge in [0.2, 0.25) is 0 Å². The maximum Gasteiger partial charge on any atom is 0.130 e. The average molecular weight is 247 g/mol. The van der Waals surface area contributed by atoms with Gasteiger partial charge in [-0.15, -0.1) is 0 Å². The molecule has 2 heterocycles. The molecule has 0 bridgehead atoms. The molecule has 0 aromatic carbocycles. The van der Waals surface area contributed by atoms with Crippen LogP contribution in [0, 0.1) is 0 Å². The van der Waals surface area contributed by atoms with Crippen molar-refractivity contribution in [3.05, 3.63) is 23.9 Å². The highest BCUT2D eigenvalue weighted by molar-refractivity contribution is 5.45. The molecule has 100 valence electrons. The van der Waals surface area contributed by atoms with Crippen molar-refractivity contribution >= 4 is 5.82 Å². The molecular weight excluding hydrogens is 222 g/mol. The van der Waals surface area contributed by atoms with Crippen LogP contribution in [0.2, 0.25) is 0 Å². The molecule has 1 aliphatic heterocycles. The maximum atomic E-state index is 4.52. The van der Waals surface area contributed by atoms with Crippen LogP contribution >= 0.6 is 0 Å². The van der Waals surface area contributed by atoms with E-state index in [0.717, 1.165) is 12.4 Å². The van der Waals surface area contributed by atoms with Crippen LogP contribution in [0.5, 0.6) is 0 Å². The molecule has 1 N–H and O–H groups in total. The summed E-state index contributed by atoms with van der Waals surface area (Å²) in [5.74, 6) is 1.09. The molecule has 0 spiro atoms. The Labute approximate surface area is 111 Å². The van der Waals surface area contributed by atoms with Crippen LogP contribution in [-0.2, 0) is 0 Å². The van der Waals surface area contributed by atoms with Gasteiger partial charge in [-0.2, -0.15) is 0 Å². The molecule has 0 radical (unpaired) electrons. The summed E-state index contributed by atoms with van der Waals surface area (Å²) in [5.41, 5.74) is 1.37. The summed E-state index contributed by atoms with van der Waals surface area (Å²) in [4.78, 5) is 6.99. The van der Waals surface area contributed by atoms with Gasteiger partial charge in [-0.1, -0.05) is 25.8 Å². The van der Waals surface area contributed by atoms with E-state index < -0.39 is 0 Å². The summed E-state index contributed by atoms with van der Waals surface area (Å²) in [6.45, 7) is 4.45. The smallest absolute Gasteiger partial charge is 0.130 e. The Morgan fingerprint density at radius 3 is 3.11 bits per heavy atom. The van der Waals surface area contributed by atoms with Crippen molar-refractivity contribution in [1.29, 1.82) is 0 Å². The van der Waals surface area contributed by atoms with Crippen molar-refractivity contribution in [2.75, 3.05) is 25.5 Å². The zero-order valence-electron chi connectivity index (χ0n) is 11.7. The number of anilines is 1. The van der Waals surface area contributed by atoms with Crippen molar-refractivity contribution in [3.8, 4) is 0 Å². The normalized spacial score (nSPS) is 20.9. The van der Waals surface area contributed by atoms with Crippen LogP contribution in [-0.4, -0.2) is 30.0 Å². The second-order valence-electron chi connectivity index (χ2n) is 5.21. The largest absolute Gasteiger partial charge is 0.370 e. The fourth-order valence-corrected chi connectivity index (χ4v) is 2.69. The van der Waals surface area contributed by atoms with Crippen molar-refractivity contribution in [3.63, 3.8) is 0 Å². The Bertz CT molecular complexity index is 365. The summed E-state index contributed by atoms with van der Waals surface area (Å²) < 4.78 is 0. The molecule has 1 unspecified atom stereocenters. The van der Waals surface area contributed by atoms with Gasteiger partial charge in [-0.3, -0.25) is 4.90 Å². The van der Waals surface area contributed by atoms with Gasteiger partial charge in [0.1, 0.15) is 5.82 Å². The predicted molar refractivity (Wildman–Crippen MR) is 76.9 cm³/mol. The quantitative estimate of drug-likeness (QED) is 0.808. The van der Waals surface area contributed by atoms with Crippen LogP contribution < -0.4 is 5.32 Å². The molecule has 1 atom stereocenters. The van der Waals surface area contributed by atoms with E-state index >= 15 is 0 Å². The van der Waals surface area contributed by atoms with E-state index in [0.29, 0.717) is 6.04 Å². The minimum atomic E-state index is 0.538. The van der Waals surface area contributed by atoms with Crippen molar-refractivity contribution in [1.82, 2.24) is 9.88 Å². The molecule has 1 saturated heterocycles. The van der Waals surface area contributed by atoms with Crippen LogP contribution in [0.15, 0.2) is 18.3 Å². The second kappa shape index (κ2) is 6.74. The Kier molecular flexibility index (Phi) is 5.00. The number of hydrogen-bond acceptors (Lipinski definition) is 3. The molecule has 18 heavy (non-hydrogen) atoms. The van der Waals surface area contributed by atoms with Crippen LogP contribution in [0.3, 0.4) is 0 Å². The number of likely N-dealkylation sites (tertiary alicyclic amines) is 1. The fourth-order valence-electron chi connectivity index (χ4n) is 2.69. The third kappa shape index (κ3) is 3.22. The summed E-state index contributed by atoms with van der Waals surface area (Å²) in [5, 5.41) is 3.49. The molecule has 1 aromatic heterocycles. The zero-order valence-corrected chi connectivity index (χ0v) is 11.7. The van der Waals surface area contributed by atoms with E-state index in [1.165, 1.54) is 44.2 Å². The molecule has 0 saturated carbocycles. The van der Waals surface area contributed by atoms with Crippen LogP contribution in [0.25, 0.3) is 0 Å². The van der Waals surface area contributed by atoms with Gasteiger partial charge in [0.25, 0.3) is 0 Å². The SMILES string of the molecule is CCCCNc1ncccc1C1CCCCN1C. The van der Waals surface area contributed by atoms with Crippen LogP contribution in [0.4, 0.5) is 5.82 Å². The number of nitrogens with one attached hydrogen (secondary N) is 1. The minimum absolute atomic E-state index is 0.538. The Morgan fingerprint density at radius 2 is 2.33 bits per heavy atom. The third-order valence-corrected chi connectivity index (χ3v) is 3.79. The first kappa shape index (κ1) is 13.3. The monoisotopic (exact) mass is 247 g/mol. The first-order chi connectivity index (χ1) is 8.83. The van der Waals surface area contributed by atoms with Crippen molar-refractivity contribution in [2.45, 2.75) is 45.1 Å². The third-order valence-electron chi connectivity index (χ3n) is 3.79. The molecule has 2 rings (SSSR count). The molecule has 1 aromatic rings. The lowest BCUT2D eigenvalue weighted by atomic mass is 9.96. The molecule has 0 amide bonds. The van der Waals surface area contributed by atoms with Gasteiger partial charge in [0.15, 0.2) is 0 Å². The fraction of sp³-hybridized carbons (Fsp3) is 0.667. The summed E-state index contributed by atoms with van der Waals surface area (Å²) in [6, 6.07) is 4.83. The molecule has 1 aliphatic rings. The lowest BCUT2D eigenvalue weighted by molar-refractivity contribution is 0.187. The average Bonchev–Trinajstić information content (AvgIpc) is 2.40. The number of aromatic nitrogens is 1. The Morgan fingerprint density at radius 1 is 1.44 bits per heavy atom. The van der Waals surface area contributed by atoms with Gasteiger partial charge >= 0.3 is 0 Å². The topological polar surface area (TPSA) is 28.2 Å². The summed E-state index contributed by atoms with van der Waals surface area (Å²) in [6.07, 6.45) is 8.23. The molecule has 1 fully saturated rings. The van der Waals surface area contributed by atoms with E-state index in [1.807, 2.05) is 6.20 Å². The number of hydrogen-bond donors (Lipinski definition) is 1. The number of unbranched alkanes of at least 4 members (excludes halogenated alkanes) is 1. The Hall–Kier alpha value is -1.09.